The second kappa shape index (κ2) is 7.92. The number of rotatable bonds is 5. The first-order valence-corrected chi connectivity index (χ1v) is 7.27. The molecule has 0 aliphatic heterocycles. The van der Waals surface area contributed by atoms with Crippen molar-refractivity contribution in [3.8, 4) is 0 Å². The summed E-state index contributed by atoms with van der Waals surface area (Å²) in [6, 6.07) is 9.64. The van der Waals surface area contributed by atoms with Gasteiger partial charge in [-0.05, 0) is 30.3 Å². The van der Waals surface area contributed by atoms with Crippen LogP contribution in [0.2, 0.25) is 10.3 Å². The van der Waals surface area contributed by atoms with Gasteiger partial charge in [0.15, 0.2) is 0 Å². The third-order valence-corrected chi connectivity index (χ3v) is 3.24. The van der Waals surface area contributed by atoms with E-state index in [0.717, 1.165) is 0 Å². The first kappa shape index (κ1) is 17.2. The molecule has 2 rings (SSSR count). The summed E-state index contributed by atoms with van der Waals surface area (Å²) in [6.07, 6.45) is 0. The largest absolute Gasteiger partial charge is 0.375 e. The lowest BCUT2D eigenvalue weighted by atomic mass is 10.2. The quantitative estimate of drug-likeness (QED) is 0.808. The Hall–Kier alpha value is -2.15. The maximum atomic E-state index is 12.2. The number of nitrogens with zero attached hydrogens (tertiary/aromatic N) is 1. The second-order valence-electron chi connectivity index (χ2n) is 4.49. The Kier molecular flexibility index (Phi) is 5.92. The number of pyridine rings is 1. The molecule has 2 N–H and O–H groups in total. The van der Waals surface area contributed by atoms with Gasteiger partial charge >= 0.3 is 0 Å². The maximum Gasteiger partial charge on any atom is 0.258 e. The number of hydrogen-bond donors (Lipinski definition) is 2. The molecule has 0 atom stereocenters. The molecule has 1 heterocycles. The van der Waals surface area contributed by atoms with Gasteiger partial charge in [-0.3, -0.25) is 9.59 Å². The Morgan fingerprint density at radius 3 is 2.48 bits per heavy atom. The molecule has 0 bridgehead atoms. The summed E-state index contributed by atoms with van der Waals surface area (Å²) in [7, 11) is 1.43. The number of halogens is 2. The van der Waals surface area contributed by atoms with Crippen LogP contribution in [0.4, 0.5) is 11.4 Å². The fourth-order valence-corrected chi connectivity index (χ4v) is 2.21. The van der Waals surface area contributed by atoms with Gasteiger partial charge in [0.2, 0.25) is 5.91 Å². The summed E-state index contributed by atoms with van der Waals surface area (Å²) >= 11 is 11.6. The minimum Gasteiger partial charge on any atom is -0.375 e. The van der Waals surface area contributed by atoms with E-state index in [1.807, 2.05) is 0 Å². The lowest BCUT2D eigenvalue weighted by Crippen LogP contribution is -2.17. The number of hydrogen-bond acceptors (Lipinski definition) is 4. The smallest absolute Gasteiger partial charge is 0.258 e. The van der Waals surface area contributed by atoms with Crippen LogP contribution >= 0.6 is 23.2 Å². The molecule has 2 aromatic rings. The number of carbonyl (C=O) groups excluding carboxylic acids is 2. The van der Waals surface area contributed by atoms with Gasteiger partial charge < -0.3 is 15.4 Å². The Bertz CT molecular complexity index is 738. The fraction of sp³-hybridized carbons (Fsp3) is 0.133. The summed E-state index contributed by atoms with van der Waals surface area (Å²) in [5.74, 6) is -0.722. The van der Waals surface area contributed by atoms with E-state index in [1.54, 1.807) is 24.3 Å². The standard InChI is InChI=1S/C15H13Cl2N3O3/c1-23-8-13(21)18-9-3-2-4-10(7-9)19-15(22)11-5-6-12(16)20-14(11)17/h2-7H,8H2,1H3,(H,18,21)(H,19,22). The Morgan fingerprint density at radius 2 is 1.83 bits per heavy atom. The number of ether oxygens (including phenoxy) is 1. The Balaban J connectivity index is 2.10. The van der Waals surface area contributed by atoms with E-state index in [4.69, 9.17) is 27.9 Å². The minimum absolute atomic E-state index is 0.0135. The van der Waals surface area contributed by atoms with E-state index in [9.17, 15) is 9.59 Å². The molecule has 8 heteroatoms. The first-order chi connectivity index (χ1) is 11.0. The first-order valence-electron chi connectivity index (χ1n) is 6.52. The Morgan fingerprint density at radius 1 is 1.13 bits per heavy atom. The molecule has 0 saturated carbocycles. The summed E-state index contributed by atoms with van der Waals surface area (Å²) in [5.41, 5.74) is 1.23. The van der Waals surface area contributed by atoms with Crippen LogP contribution in [-0.4, -0.2) is 30.5 Å². The lowest BCUT2D eigenvalue weighted by Gasteiger charge is -2.09. The van der Waals surface area contributed by atoms with Crippen molar-refractivity contribution in [1.29, 1.82) is 0 Å². The van der Waals surface area contributed by atoms with Gasteiger partial charge in [0.1, 0.15) is 16.9 Å². The van der Waals surface area contributed by atoms with Crippen molar-refractivity contribution >= 4 is 46.4 Å². The zero-order valence-corrected chi connectivity index (χ0v) is 13.6. The molecule has 6 nitrogen and oxygen atoms in total. The van der Waals surface area contributed by atoms with E-state index in [0.29, 0.717) is 11.4 Å². The van der Waals surface area contributed by atoms with E-state index < -0.39 is 5.91 Å². The third-order valence-electron chi connectivity index (χ3n) is 2.74. The van der Waals surface area contributed by atoms with E-state index in [1.165, 1.54) is 19.2 Å². The van der Waals surface area contributed by atoms with Crippen LogP contribution in [0, 0.1) is 0 Å². The van der Waals surface area contributed by atoms with Crippen molar-refractivity contribution in [2.24, 2.45) is 0 Å². The number of nitrogens with one attached hydrogen (secondary N) is 2. The van der Waals surface area contributed by atoms with Gasteiger partial charge in [-0.25, -0.2) is 4.98 Å². The minimum atomic E-state index is -0.431. The van der Waals surface area contributed by atoms with Gasteiger partial charge in [0, 0.05) is 18.5 Å². The molecule has 0 saturated heterocycles. The van der Waals surface area contributed by atoms with Crippen LogP contribution < -0.4 is 10.6 Å². The number of amides is 2. The van der Waals surface area contributed by atoms with E-state index >= 15 is 0 Å². The predicted octanol–water partition coefficient (Wildman–Crippen LogP) is 3.23. The molecule has 120 valence electrons. The van der Waals surface area contributed by atoms with Gasteiger partial charge in [-0.1, -0.05) is 29.3 Å². The van der Waals surface area contributed by atoms with E-state index in [-0.39, 0.29) is 28.4 Å². The van der Waals surface area contributed by atoms with Crippen molar-refractivity contribution in [2.45, 2.75) is 0 Å². The normalized spacial score (nSPS) is 10.2. The topological polar surface area (TPSA) is 80.3 Å². The molecule has 0 aliphatic rings. The van der Waals surface area contributed by atoms with Gasteiger partial charge in [0.25, 0.3) is 5.91 Å². The molecule has 23 heavy (non-hydrogen) atoms. The fourth-order valence-electron chi connectivity index (χ4n) is 1.78. The van der Waals surface area contributed by atoms with Crippen LogP contribution in [0.15, 0.2) is 36.4 Å². The van der Waals surface area contributed by atoms with Crippen LogP contribution in [0.1, 0.15) is 10.4 Å². The number of anilines is 2. The van der Waals surface area contributed by atoms with E-state index in [2.05, 4.69) is 15.6 Å². The summed E-state index contributed by atoms with van der Waals surface area (Å²) < 4.78 is 4.74. The van der Waals surface area contributed by atoms with Crippen molar-refractivity contribution < 1.29 is 14.3 Å². The molecule has 1 aromatic heterocycles. The second-order valence-corrected chi connectivity index (χ2v) is 5.23. The average Bonchev–Trinajstić information content (AvgIpc) is 2.47. The number of aromatic nitrogens is 1. The molecule has 0 spiro atoms. The molecule has 0 unspecified atom stereocenters. The zero-order valence-electron chi connectivity index (χ0n) is 12.1. The average molecular weight is 354 g/mol. The predicted molar refractivity (Wildman–Crippen MR) is 89.2 cm³/mol. The van der Waals surface area contributed by atoms with Crippen LogP contribution in [0.25, 0.3) is 0 Å². The zero-order chi connectivity index (χ0) is 16.8. The molecule has 1 aromatic carbocycles. The SMILES string of the molecule is COCC(=O)Nc1cccc(NC(=O)c2ccc(Cl)nc2Cl)c1. The van der Waals surface area contributed by atoms with Crippen LogP contribution in [0.5, 0.6) is 0 Å². The highest BCUT2D eigenvalue weighted by atomic mass is 35.5. The number of benzene rings is 1. The number of methoxy groups -OCH3 is 1. The van der Waals surface area contributed by atoms with Gasteiger partial charge in [-0.15, -0.1) is 0 Å². The summed E-state index contributed by atoms with van der Waals surface area (Å²) in [5, 5.41) is 5.54. The molecule has 0 fully saturated rings. The molecular formula is C15H13Cl2N3O3. The highest BCUT2D eigenvalue weighted by Crippen LogP contribution is 2.20. The Labute approximate surface area is 142 Å². The highest BCUT2D eigenvalue weighted by Gasteiger charge is 2.12. The van der Waals surface area contributed by atoms with Crippen molar-refractivity contribution in [3.63, 3.8) is 0 Å². The maximum absolute atomic E-state index is 12.2. The molecule has 2 amide bonds. The monoisotopic (exact) mass is 353 g/mol. The van der Waals surface area contributed by atoms with Crippen molar-refractivity contribution in [2.75, 3.05) is 24.4 Å². The molecular weight excluding hydrogens is 341 g/mol. The summed E-state index contributed by atoms with van der Waals surface area (Å²) in [6.45, 7) is -0.0529. The highest BCUT2D eigenvalue weighted by molar-refractivity contribution is 6.35. The van der Waals surface area contributed by atoms with Gasteiger partial charge in [-0.2, -0.15) is 0 Å². The van der Waals surface area contributed by atoms with Gasteiger partial charge in [0.05, 0.1) is 5.56 Å². The summed E-state index contributed by atoms with van der Waals surface area (Å²) in [4.78, 5) is 27.5. The lowest BCUT2D eigenvalue weighted by molar-refractivity contribution is -0.119. The van der Waals surface area contributed by atoms with Crippen molar-refractivity contribution in [3.05, 3.63) is 52.3 Å². The van der Waals surface area contributed by atoms with Crippen LogP contribution in [0.3, 0.4) is 0 Å². The molecule has 0 aliphatic carbocycles. The number of carbonyl (C=O) groups is 2. The van der Waals surface area contributed by atoms with Crippen LogP contribution in [-0.2, 0) is 9.53 Å². The van der Waals surface area contributed by atoms with Crippen molar-refractivity contribution in [1.82, 2.24) is 4.98 Å². The molecule has 0 radical (unpaired) electrons. The third kappa shape index (κ3) is 4.92.